The molecule has 2 N–H and O–H groups in total. The van der Waals surface area contributed by atoms with Crippen LogP contribution in [0.2, 0.25) is 0 Å². The average molecular weight is 532 g/mol. The van der Waals surface area contributed by atoms with Crippen molar-refractivity contribution in [3.05, 3.63) is 71.7 Å². The molecule has 0 radical (unpaired) electrons. The smallest absolute Gasteiger partial charge is 0.191 e. The van der Waals surface area contributed by atoms with Crippen molar-refractivity contribution in [2.75, 3.05) is 20.1 Å². The number of hydrogen-bond donors (Lipinski definition) is 2. The van der Waals surface area contributed by atoms with Crippen LogP contribution in [0.5, 0.6) is 0 Å². The van der Waals surface area contributed by atoms with Gasteiger partial charge in [0.25, 0.3) is 0 Å². The molecule has 1 saturated heterocycles. The molecular weight excluding hydrogens is 499 g/mol. The van der Waals surface area contributed by atoms with Gasteiger partial charge in [-0.2, -0.15) is 0 Å². The highest BCUT2D eigenvalue weighted by Crippen LogP contribution is 2.20. The van der Waals surface area contributed by atoms with Crippen LogP contribution in [0.25, 0.3) is 5.65 Å². The van der Waals surface area contributed by atoms with E-state index >= 15 is 0 Å². The maximum Gasteiger partial charge on any atom is 0.191 e. The van der Waals surface area contributed by atoms with E-state index in [4.69, 9.17) is 4.98 Å². The van der Waals surface area contributed by atoms with E-state index in [2.05, 4.69) is 93.6 Å². The molecule has 1 aliphatic heterocycles. The van der Waals surface area contributed by atoms with Crippen LogP contribution in [0.3, 0.4) is 0 Å². The van der Waals surface area contributed by atoms with Gasteiger partial charge < -0.3 is 15.0 Å². The largest absolute Gasteiger partial charge is 0.356 e. The molecule has 4 rings (SSSR count). The van der Waals surface area contributed by atoms with Crippen LogP contribution in [0, 0.1) is 6.92 Å². The summed E-state index contributed by atoms with van der Waals surface area (Å²) in [7, 11) is 1.84. The van der Waals surface area contributed by atoms with E-state index in [1.165, 1.54) is 11.1 Å². The molecule has 1 aromatic carbocycles. The third kappa shape index (κ3) is 5.98. The Morgan fingerprint density at radius 3 is 2.74 bits per heavy atom. The number of pyridine rings is 1. The number of aromatic nitrogens is 2. The number of halogens is 1. The summed E-state index contributed by atoms with van der Waals surface area (Å²) in [6.45, 7) is 7.24. The normalized spacial score (nSPS) is 19.4. The molecule has 3 aromatic rings. The van der Waals surface area contributed by atoms with Gasteiger partial charge in [0, 0.05) is 57.6 Å². The summed E-state index contributed by atoms with van der Waals surface area (Å²) in [5.74, 6) is 0.869. The predicted molar refractivity (Wildman–Crippen MR) is 138 cm³/mol. The van der Waals surface area contributed by atoms with E-state index in [9.17, 15) is 0 Å². The number of hydrogen-bond acceptors (Lipinski definition) is 3. The first-order chi connectivity index (χ1) is 14.6. The van der Waals surface area contributed by atoms with Gasteiger partial charge in [0.05, 0.1) is 5.69 Å². The van der Waals surface area contributed by atoms with E-state index in [0.717, 1.165) is 49.8 Å². The second-order valence-electron chi connectivity index (χ2n) is 8.24. The van der Waals surface area contributed by atoms with E-state index in [1.54, 1.807) is 0 Å². The zero-order valence-electron chi connectivity index (χ0n) is 18.6. The number of likely N-dealkylation sites (tertiary alicyclic amines) is 1. The fraction of sp³-hybridized carbons (Fsp3) is 0.417. The van der Waals surface area contributed by atoms with Gasteiger partial charge in [-0.15, -0.1) is 24.0 Å². The molecular formula is C24H33IN6. The predicted octanol–water partition coefficient (Wildman–Crippen LogP) is 3.63. The highest BCUT2D eigenvalue weighted by molar-refractivity contribution is 14.0. The molecule has 2 atom stereocenters. The molecule has 0 aliphatic carbocycles. The molecule has 1 aliphatic rings. The highest BCUT2D eigenvalue weighted by Gasteiger charge is 2.29. The zero-order valence-corrected chi connectivity index (χ0v) is 20.9. The fourth-order valence-electron chi connectivity index (χ4n) is 4.26. The Balaban J connectivity index is 0.00000272. The minimum Gasteiger partial charge on any atom is -0.356 e. The topological polar surface area (TPSA) is 57.0 Å². The molecule has 7 heteroatoms. The lowest BCUT2D eigenvalue weighted by atomic mass is 10.2. The number of imidazole rings is 1. The van der Waals surface area contributed by atoms with Crippen molar-refractivity contribution in [1.29, 1.82) is 0 Å². The number of benzene rings is 1. The molecule has 0 saturated carbocycles. The minimum absolute atomic E-state index is 0. The molecule has 6 nitrogen and oxygen atoms in total. The van der Waals surface area contributed by atoms with Crippen LogP contribution in [-0.2, 0) is 13.0 Å². The van der Waals surface area contributed by atoms with Gasteiger partial charge in [-0.05, 0) is 37.5 Å². The van der Waals surface area contributed by atoms with Crippen molar-refractivity contribution in [2.45, 2.75) is 45.3 Å². The summed E-state index contributed by atoms with van der Waals surface area (Å²) >= 11 is 0. The Kier molecular flexibility index (Phi) is 8.31. The maximum atomic E-state index is 4.75. The van der Waals surface area contributed by atoms with Crippen molar-refractivity contribution in [2.24, 2.45) is 4.99 Å². The van der Waals surface area contributed by atoms with Crippen LogP contribution in [0.15, 0.2) is 59.9 Å². The molecule has 31 heavy (non-hydrogen) atoms. The van der Waals surface area contributed by atoms with E-state index < -0.39 is 0 Å². The second kappa shape index (κ2) is 10.9. The van der Waals surface area contributed by atoms with Crippen LogP contribution in [-0.4, -0.2) is 52.5 Å². The summed E-state index contributed by atoms with van der Waals surface area (Å²) < 4.78 is 2.10. The SMILES string of the molecule is CN=C(NCCc1cn2cccc(C)c2n1)NC1CC(C)N(Cc2ccccc2)C1.I. The van der Waals surface area contributed by atoms with Crippen LogP contribution in [0.1, 0.15) is 30.2 Å². The first kappa shape index (κ1) is 23.5. The Morgan fingerprint density at radius 1 is 1.19 bits per heavy atom. The summed E-state index contributed by atoms with van der Waals surface area (Å²) in [5, 5.41) is 7.06. The molecule has 166 valence electrons. The number of rotatable bonds is 6. The number of aryl methyl sites for hydroxylation is 1. The fourth-order valence-corrected chi connectivity index (χ4v) is 4.26. The third-order valence-electron chi connectivity index (χ3n) is 5.90. The number of nitrogens with zero attached hydrogens (tertiary/aromatic N) is 4. The van der Waals surface area contributed by atoms with Gasteiger partial charge in [-0.25, -0.2) is 4.98 Å². The summed E-state index contributed by atoms with van der Waals surface area (Å²) in [4.78, 5) is 11.7. The molecule has 3 heterocycles. The molecule has 0 amide bonds. The minimum atomic E-state index is 0. The average Bonchev–Trinajstić information content (AvgIpc) is 3.32. The van der Waals surface area contributed by atoms with Gasteiger partial charge in [-0.3, -0.25) is 9.89 Å². The van der Waals surface area contributed by atoms with Crippen molar-refractivity contribution < 1.29 is 0 Å². The number of nitrogens with one attached hydrogen (secondary N) is 2. The van der Waals surface area contributed by atoms with Crippen LogP contribution < -0.4 is 10.6 Å². The lowest BCUT2D eigenvalue weighted by molar-refractivity contribution is 0.258. The molecule has 0 spiro atoms. The summed E-state index contributed by atoms with van der Waals surface area (Å²) in [5.41, 5.74) is 4.70. The monoisotopic (exact) mass is 532 g/mol. The lowest BCUT2D eigenvalue weighted by Crippen LogP contribution is -2.45. The van der Waals surface area contributed by atoms with Crippen molar-refractivity contribution in [1.82, 2.24) is 24.9 Å². The number of aliphatic imine (C=N–C) groups is 1. The summed E-state index contributed by atoms with van der Waals surface area (Å²) in [6, 6.07) is 15.8. The summed E-state index contributed by atoms with van der Waals surface area (Å²) in [6.07, 6.45) is 6.15. The Morgan fingerprint density at radius 2 is 2.00 bits per heavy atom. The molecule has 2 unspecified atom stereocenters. The van der Waals surface area contributed by atoms with E-state index in [-0.39, 0.29) is 24.0 Å². The van der Waals surface area contributed by atoms with E-state index in [1.807, 2.05) is 7.05 Å². The van der Waals surface area contributed by atoms with E-state index in [0.29, 0.717) is 12.1 Å². The number of guanidine groups is 1. The van der Waals surface area contributed by atoms with Gasteiger partial charge in [-0.1, -0.05) is 36.4 Å². The van der Waals surface area contributed by atoms with Crippen molar-refractivity contribution in [3.8, 4) is 0 Å². The quantitative estimate of drug-likeness (QED) is 0.289. The van der Waals surface area contributed by atoms with Crippen molar-refractivity contribution >= 4 is 35.6 Å². The third-order valence-corrected chi connectivity index (χ3v) is 5.90. The molecule has 0 bridgehead atoms. The molecule has 2 aromatic heterocycles. The maximum absolute atomic E-state index is 4.75. The highest BCUT2D eigenvalue weighted by atomic mass is 127. The zero-order chi connectivity index (χ0) is 20.9. The Labute approximate surface area is 202 Å². The first-order valence-corrected chi connectivity index (χ1v) is 10.8. The Hall–Kier alpha value is -2.13. The van der Waals surface area contributed by atoms with Crippen LogP contribution >= 0.6 is 24.0 Å². The van der Waals surface area contributed by atoms with Crippen LogP contribution in [0.4, 0.5) is 0 Å². The van der Waals surface area contributed by atoms with Gasteiger partial charge in [0.1, 0.15) is 5.65 Å². The Bertz CT molecular complexity index is 1000. The number of fused-ring (bicyclic) bond motifs is 1. The van der Waals surface area contributed by atoms with Gasteiger partial charge in [0.15, 0.2) is 5.96 Å². The lowest BCUT2D eigenvalue weighted by Gasteiger charge is -2.21. The van der Waals surface area contributed by atoms with Crippen molar-refractivity contribution in [3.63, 3.8) is 0 Å². The first-order valence-electron chi connectivity index (χ1n) is 10.8. The second-order valence-corrected chi connectivity index (χ2v) is 8.24. The molecule has 1 fully saturated rings. The standard InChI is InChI=1S/C24H32N6.HI/c1-18-8-7-13-29-16-21(27-23(18)29)11-12-26-24(25-3)28-22-14-19(2)30(17-22)15-20-9-5-4-6-10-20;/h4-10,13,16,19,22H,11-12,14-15,17H2,1-3H3,(H2,25,26,28);1H. The van der Waals surface area contributed by atoms with Gasteiger partial charge in [0.2, 0.25) is 0 Å². The van der Waals surface area contributed by atoms with Gasteiger partial charge >= 0.3 is 0 Å².